The molecule has 41 heavy (non-hydrogen) atoms. The first-order valence-corrected chi connectivity index (χ1v) is 13.7. The number of nitrogens with zero attached hydrogens (tertiary/aromatic N) is 4. The summed E-state index contributed by atoms with van der Waals surface area (Å²) in [5, 5.41) is 0. The van der Waals surface area contributed by atoms with Crippen LogP contribution in [-0.2, 0) is 4.74 Å². The lowest BCUT2D eigenvalue weighted by atomic mass is 9.96. The Morgan fingerprint density at radius 2 is 2.00 bits per heavy atom. The maximum Gasteiger partial charge on any atom is 0.410 e. The van der Waals surface area contributed by atoms with Crippen LogP contribution in [0.15, 0.2) is 36.4 Å². The van der Waals surface area contributed by atoms with Crippen molar-refractivity contribution in [1.29, 1.82) is 0 Å². The molecule has 0 radical (unpaired) electrons. The van der Waals surface area contributed by atoms with Crippen molar-refractivity contribution in [2.24, 2.45) is 5.92 Å². The van der Waals surface area contributed by atoms with E-state index in [9.17, 15) is 18.4 Å². The number of hydrogen-bond donors (Lipinski definition) is 0. The molecule has 1 aromatic heterocycles. The summed E-state index contributed by atoms with van der Waals surface area (Å²) >= 11 is 0. The van der Waals surface area contributed by atoms with E-state index in [1.54, 1.807) is 11.0 Å². The predicted molar refractivity (Wildman–Crippen MR) is 150 cm³/mol. The molecule has 3 aromatic rings. The zero-order chi connectivity index (χ0) is 29.5. The SMILES string of the molecule is CN(C)C1C[C@H](c2c(C=O)cccc2OC(F)F)n2c1nc1ccc(C#CC3CCN(C(=O)OC(C)(C)C)C3)cc12. The fourth-order valence-corrected chi connectivity index (χ4v) is 5.64. The minimum Gasteiger partial charge on any atom is -0.444 e. The first-order valence-electron chi connectivity index (χ1n) is 13.7. The van der Waals surface area contributed by atoms with Gasteiger partial charge in [-0.3, -0.25) is 9.69 Å². The third kappa shape index (κ3) is 5.91. The second-order valence-corrected chi connectivity index (χ2v) is 11.7. The molecule has 10 heteroatoms. The van der Waals surface area contributed by atoms with Crippen molar-refractivity contribution in [2.45, 2.75) is 57.9 Å². The Hall–Kier alpha value is -3.97. The molecule has 5 rings (SSSR count). The highest BCUT2D eigenvalue weighted by molar-refractivity contribution is 5.82. The van der Waals surface area contributed by atoms with Crippen LogP contribution in [0.1, 0.15) is 73.0 Å². The molecule has 8 nitrogen and oxygen atoms in total. The van der Waals surface area contributed by atoms with E-state index in [4.69, 9.17) is 14.5 Å². The standard InChI is InChI=1S/C31H34F2N4O4/c1-31(2,3)41-30(39)36-14-13-20(17-36)10-9-19-11-12-22-23(15-19)37-24(16-25(35(4)5)28(37)34-22)27-21(18-38)7-6-8-26(27)40-29(32)33/h6-8,11-12,15,18,20,24-25,29H,13-14,16-17H2,1-5H3/t20?,24-,25?/m1/s1. The van der Waals surface area contributed by atoms with Gasteiger partial charge in [-0.15, -0.1) is 0 Å². The number of aromatic nitrogens is 2. The zero-order valence-electron chi connectivity index (χ0n) is 23.9. The fourth-order valence-electron chi connectivity index (χ4n) is 5.64. The maximum absolute atomic E-state index is 13.3. The third-order valence-electron chi connectivity index (χ3n) is 7.43. The van der Waals surface area contributed by atoms with E-state index < -0.39 is 18.3 Å². The summed E-state index contributed by atoms with van der Waals surface area (Å²) in [6.07, 6.45) is 1.65. The Morgan fingerprint density at radius 1 is 1.22 bits per heavy atom. The van der Waals surface area contributed by atoms with Gasteiger partial charge in [0.05, 0.1) is 23.1 Å². The molecule has 216 valence electrons. The first-order chi connectivity index (χ1) is 19.4. The van der Waals surface area contributed by atoms with E-state index in [-0.39, 0.29) is 23.8 Å². The summed E-state index contributed by atoms with van der Waals surface area (Å²) in [6.45, 7) is 3.61. The Bertz CT molecular complexity index is 1530. The van der Waals surface area contributed by atoms with Gasteiger partial charge in [0.25, 0.3) is 0 Å². The number of carbonyl (C=O) groups is 2. The minimum absolute atomic E-state index is 0.0199. The quantitative estimate of drug-likeness (QED) is 0.294. The fraction of sp³-hybridized carbons (Fsp3) is 0.452. The second-order valence-electron chi connectivity index (χ2n) is 11.7. The lowest BCUT2D eigenvalue weighted by molar-refractivity contribution is -0.0507. The van der Waals surface area contributed by atoms with Gasteiger partial charge in [0.15, 0.2) is 6.29 Å². The van der Waals surface area contributed by atoms with Crippen molar-refractivity contribution >= 4 is 23.4 Å². The molecule has 0 bridgehead atoms. The molecule has 2 aliphatic heterocycles. The summed E-state index contributed by atoms with van der Waals surface area (Å²) in [5.74, 6) is 7.34. The number of likely N-dealkylation sites (tertiary alicyclic amines) is 1. The largest absolute Gasteiger partial charge is 0.444 e. The zero-order valence-corrected chi connectivity index (χ0v) is 23.9. The number of rotatable bonds is 5. The van der Waals surface area contributed by atoms with Crippen LogP contribution in [0.4, 0.5) is 13.6 Å². The molecule has 2 aliphatic rings. The number of halogens is 2. The van der Waals surface area contributed by atoms with Gasteiger partial charge in [0.2, 0.25) is 0 Å². The van der Waals surface area contributed by atoms with E-state index in [0.717, 1.165) is 28.8 Å². The molecule has 1 saturated heterocycles. The molecule has 0 aliphatic carbocycles. The summed E-state index contributed by atoms with van der Waals surface area (Å²) in [6, 6.07) is 9.83. The lowest BCUT2D eigenvalue weighted by Crippen LogP contribution is -2.35. The average molecular weight is 565 g/mol. The molecule has 3 atom stereocenters. The van der Waals surface area contributed by atoms with Crippen LogP contribution < -0.4 is 4.74 Å². The van der Waals surface area contributed by atoms with Crippen LogP contribution in [0.2, 0.25) is 0 Å². The molecule has 1 amide bonds. The number of amides is 1. The lowest BCUT2D eigenvalue weighted by Gasteiger charge is -2.24. The highest BCUT2D eigenvalue weighted by Crippen LogP contribution is 2.46. The molecular formula is C31H34F2N4O4. The number of benzene rings is 2. The molecule has 3 heterocycles. The number of imidazole rings is 1. The maximum atomic E-state index is 13.3. The van der Waals surface area contributed by atoms with E-state index in [2.05, 4.69) is 11.8 Å². The first kappa shape index (κ1) is 28.6. The number of hydrogen-bond acceptors (Lipinski definition) is 6. The van der Waals surface area contributed by atoms with Gasteiger partial charge >= 0.3 is 12.7 Å². The monoisotopic (exact) mass is 564 g/mol. The number of fused-ring (bicyclic) bond motifs is 3. The van der Waals surface area contributed by atoms with Crippen molar-refractivity contribution in [1.82, 2.24) is 19.4 Å². The van der Waals surface area contributed by atoms with Crippen molar-refractivity contribution < 1.29 is 27.8 Å². The molecule has 0 spiro atoms. The number of carbonyl (C=O) groups excluding carboxylic acids is 2. The number of alkyl halides is 2. The highest BCUT2D eigenvalue weighted by Gasteiger charge is 2.39. The van der Waals surface area contributed by atoms with Crippen LogP contribution in [-0.4, -0.2) is 71.1 Å². The third-order valence-corrected chi connectivity index (χ3v) is 7.43. The summed E-state index contributed by atoms with van der Waals surface area (Å²) in [5.41, 5.74) is 2.48. The van der Waals surface area contributed by atoms with Crippen LogP contribution in [0.25, 0.3) is 11.0 Å². The van der Waals surface area contributed by atoms with E-state index in [0.29, 0.717) is 36.9 Å². The molecule has 2 unspecified atom stereocenters. The van der Waals surface area contributed by atoms with Crippen molar-refractivity contribution in [3.63, 3.8) is 0 Å². The normalized spacial score (nSPS) is 20.3. The van der Waals surface area contributed by atoms with E-state index in [1.807, 2.05) is 62.5 Å². The van der Waals surface area contributed by atoms with Crippen molar-refractivity contribution in [3.05, 3.63) is 58.9 Å². The summed E-state index contributed by atoms with van der Waals surface area (Å²) in [7, 11) is 3.88. The Morgan fingerprint density at radius 3 is 2.68 bits per heavy atom. The Kier molecular flexibility index (Phi) is 7.75. The van der Waals surface area contributed by atoms with Gasteiger partial charge < -0.3 is 18.9 Å². The van der Waals surface area contributed by atoms with Crippen LogP contribution in [0.5, 0.6) is 5.75 Å². The summed E-state index contributed by atoms with van der Waals surface area (Å²) < 4.78 is 39.1. The van der Waals surface area contributed by atoms with E-state index in [1.165, 1.54) is 12.1 Å². The van der Waals surface area contributed by atoms with Crippen molar-refractivity contribution in [2.75, 3.05) is 27.2 Å². The van der Waals surface area contributed by atoms with Gasteiger partial charge in [-0.25, -0.2) is 9.78 Å². The molecule has 0 saturated carbocycles. The van der Waals surface area contributed by atoms with Gasteiger partial charge in [-0.1, -0.05) is 24.0 Å². The number of ether oxygens (including phenoxy) is 2. The molecular weight excluding hydrogens is 530 g/mol. The highest BCUT2D eigenvalue weighted by atomic mass is 19.3. The van der Waals surface area contributed by atoms with Gasteiger partial charge in [0, 0.05) is 35.7 Å². The summed E-state index contributed by atoms with van der Waals surface area (Å²) in [4.78, 5) is 33.1. The van der Waals surface area contributed by atoms with Gasteiger partial charge in [0.1, 0.15) is 17.2 Å². The van der Waals surface area contributed by atoms with Crippen LogP contribution in [0.3, 0.4) is 0 Å². The van der Waals surface area contributed by atoms with E-state index >= 15 is 0 Å². The molecule has 2 aromatic carbocycles. The number of aldehydes is 1. The van der Waals surface area contributed by atoms with Gasteiger partial charge in [-0.2, -0.15) is 8.78 Å². The topological polar surface area (TPSA) is 76.9 Å². The van der Waals surface area contributed by atoms with Gasteiger partial charge in [-0.05, 0) is 72.0 Å². The average Bonchev–Trinajstić information content (AvgIpc) is 3.60. The minimum atomic E-state index is -3.02. The Balaban J connectivity index is 1.50. The van der Waals surface area contributed by atoms with Crippen LogP contribution in [0, 0.1) is 17.8 Å². The smallest absolute Gasteiger partial charge is 0.410 e. The predicted octanol–water partition coefficient (Wildman–Crippen LogP) is 5.65. The Labute approximate surface area is 238 Å². The molecule has 1 fully saturated rings. The second kappa shape index (κ2) is 11.1. The van der Waals surface area contributed by atoms with Crippen LogP contribution >= 0.6 is 0 Å². The van der Waals surface area contributed by atoms with Crippen molar-refractivity contribution in [3.8, 4) is 17.6 Å². The molecule has 0 N–H and O–H groups in total.